The van der Waals surface area contributed by atoms with Gasteiger partial charge in [-0.25, -0.2) is 0 Å². The zero-order valence-corrected chi connectivity index (χ0v) is 14.2. The zero-order chi connectivity index (χ0) is 16.2. The van der Waals surface area contributed by atoms with Gasteiger partial charge in [0, 0.05) is 19.0 Å². The Bertz CT molecular complexity index is 718. The van der Waals surface area contributed by atoms with Crippen LogP contribution in [-0.2, 0) is 24.3 Å². The Morgan fingerprint density at radius 3 is 2.78 bits per heavy atom. The molecule has 1 aromatic heterocycles. The Balaban J connectivity index is 1.75. The Kier molecular flexibility index (Phi) is 4.91. The van der Waals surface area contributed by atoms with Crippen LogP contribution < -0.4 is 0 Å². The van der Waals surface area contributed by atoms with Gasteiger partial charge in [0.2, 0.25) is 5.91 Å². The van der Waals surface area contributed by atoms with Gasteiger partial charge >= 0.3 is 0 Å². The van der Waals surface area contributed by atoms with Gasteiger partial charge in [-0.1, -0.05) is 37.3 Å². The maximum absolute atomic E-state index is 12.8. The number of amides is 1. The fraction of sp³-hybridized carbons (Fsp3) is 0.471. The first-order chi connectivity index (χ1) is 11.2. The third-order valence-electron chi connectivity index (χ3n) is 4.11. The number of hydrogen-bond acceptors (Lipinski definition) is 3. The summed E-state index contributed by atoms with van der Waals surface area (Å²) in [5, 5.41) is 7.04. The van der Waals surface area contributed by atoms with Gasteiger partial charge in [-0.15, -0.1) is 0 Å². The first-order valence-corrected chi connectivity index (χ1v) is 8.57. The summed E-state index contributed by atoms with van der Waals surface area (Å²) >= 11 is 5.28. The molecule has 0 radical (unpaired) electrons. The quantitative estimate of drug-likeness (QED) is 0.794. The molecule has 6 heteroatoms. The minimum atomic E-state index is 0.117. The molecule has 1 aliphatic rings. The van der Waals surface area contributed by atoms with Gasteiger partial charge in [-0.2, -0.15) is 5.10 Å². The number of H-pyrrole nitrogens is 1. The van der Waals surface area contributed by atoms with Crippen LogP contribution in [0.15, 0.2) is 30.3 Å². The van der Waals surface area contributed by atoms with Gasteiger partial charge in [0.25, 0.3) is 0 Å². The van der Waals surface area contributed by atoms with Crippen LogP contribution in [0.3, 0.4) is 0 Å². The lowest BCUT2D eigenvalue weighted by molar-refractivity contribution is -0.133. The predicted octanol–water partition coefficient (Wildman–Crippen LogP) is 3.08. The molecule has 1 aromatic carbocycles. The van der Waals surface area contributed by atoms with Crippen LogP contribution >= 0.6 is 12.2 Å². The summed E-state index contributed by atoms with van der Waals surface area (Å²) in [4.78, 5) is 14.8. The van der Waals surface area contributed by atoms with Crippen molar-refractivity contribution in [3.05, 3.63) is 46.5 Å². The SMILES string of the molecule is CCCc1n[nH]c(=S)n1CC(=O)N(Cc1ccccc1)C1CC1. The highest BCUT2D eigenvalue weighted by atomic mass is 32.1. The van der Waals surface area contributed by atoms with Crippen LogP contribution in [0.2, 0.25) is 0 Å². The number of carbonyl (C=O) groups excluding carboxylic acids is 1. The number of aromatic amines is 1. The Hall–Kier alpha value is -1.95. The van der Waals surface area contributed by atoms with Gasteiger partial charge < -0.3 is 4.90 Å². The molecule has 0 unspecified atom stereocenters. The molecule has 3 rings (SSSR count). The van der Waals surface area contributed by atoms with Crippen LogP contribution in [0.5, 0.6) is 0 Å². The number of hydrogen-bond donors (Lipinski definition) is 1. The van der Waals surface area contributed by atoms with Crippen molar-refractivity contribution in [3.8, 4) is 0 Å². The molecule has 23 heavy (non-hydrogen) atoms. The maximum Gasteiger partial charge on any atom is 0.243 e. The third kappa shape index (κ3) is 3.88. The van der Waals surface area contributed by atoms with E-state index in [1.165, 1.54) is 0 Å². The van der Waals surface area contributed by atoms with Crippen molar-refractivity contribution in [1.29, 1.82) is 0 Å². The minimum absolute atomic E-state index is 0.117. The molecular weight excluding hydrogens is 308 g/mol. The van der Waals surface area contributed by atoms with Gasteiger partial charge in [0.15, 0.2) is 4.77 Å². The highest BCUT2D eigenvalue weighted by Crippen LogP contribution is 2.28. The number of rotatable bonds is 7. The van der Waals surface area contributed by atoms with Crippen molar-refractivity contribution >= 4 is 18.1 Å². The topological polar surface area (TPSA) is 53.9 Å². The molecule has 0 spiro atoms. The van der Waals surface area contributed by atoms with Gasteiger partial charge in [-0.3, -0.25) is 14.5 Å². The van der Waals surface area contributed by atoms with E-state index in [1.54, 1.807) is 0 Å². The van der Waals surface area contributed by atoms with E-state index in [-0.39, 0.29) is 12.5 Å². The predicted molar refractivity (Wildman–Crippen MR) is 91.4 cm³/mol. The second-order valence-corrected chi connectivity index (χ2v) is 6.41. The summed E-state index contributed by atoms with van der Waals surface area (Å²) in [7, 11) is 0. The summed E-state index contributed by atoms with van der Waals surface area (Å²) in [6.07, 6.45) is 3.99. The molecule has 5 nitrogen and oxygen atoms in total. The summed E-state index contributed by atoms with van der Waals surface area (Å²) in [5.74, 6) is 0.979. The molecule has 1 amide bonds. The lowest BCUT2D eigenvalue weighted by Gasteiger charge is -2.23. The molecule has 1 N–H and O–H groups in total. The number of nitrogens with one attached hydrogen (secondary N) is 1. The summed E-state index contributed by atoms with van der Waals surface area (Å²) in [6, 6.07) is 10.5. The minimum Gasteiger partial charge on any atom is -0.334 e. The van der Waals surface area contributed by atoms with Crippen LogP contribution in [0.1, 0.15) is 37.6 Å². The average molecular weight is 330 g/mol. The average Bonchev–Trinajstić information content (AvgIpc) is 3.34. The second-order valence-electron chi connectivity index (χ2n) is 6.02. The number of carbonyl (C=O) groups is 1. The molecule has 122 valence electrons. The van der Waals surface area contributed by atoms with Crippen molar-refractivity contribution in [3.63, 3.8) is 0 Å². The van der Waals surface area contributed by atoms with Crippen molar-refractivity contribution < 1.29 is 4.79 Å². The van der Waals surface area contributed by atoms with Gasteiger partial charge in [0.1, 0.15) is 12.4 Å². The van der Waals surface area contributed by atoms with E-state index < -0.39 is 0 Å². The van der Waals surface area contributed by atoms with Gasteiger partial charge in [0.05, 0.1) is 0 Å². The number of nitrogens with zero attached hydrogens (tertiary/aromatic N) is 3. The first kappa shape index (κ1) is 15.9. The number of aromatic nitrogens is 3. The summed E-state index contributed by atoms with van der Waals surface area (Å²) in [6.45, 7) is 3.03. The highest BCUT2D eigenvalue weighted by molar-refractivity contribution is 7.71. The first-order valence-electron chi connectivity index (χ1n) is 8.16. The molecule has 0 bridgehead atoms. The highest BCUT2D eigenvalue weighted by Gasteiger charge is 2.32. The molecular formula is C17H22N4OS. The molecule has 1 fully saturated rings. The third-order valence-corrected chi connectivity index (χ3v) is 4.42. The van der Waals surface area contributed by atoms with Crippen molar-refractivity contribution in [2.24, 2.45) is 0 Å². The maximum atomic E-state index is 12.8. The van der Waals surface area contributed by atoms with Crippen LogP contribution in [0.25, 0.3) is 0 Å². The molecule has 1 heterocycles. The number of aryl methyl sites for hydroxylation is 1. The molecule has 1 saturated carbocycles. The fourth-order valence-corrected chi connectivity index (χ4v) is 2.96. The Morgan fingerprint density at radius 2 is 2.13 bits per heavy atom. The molecule has 0 saturated heterocycles. The lowest BCUT2D eigenvalue weighted by atomic mass is 10.2. The summed E-state index contributed by atoms with van der Waals surface area (Å²) < 4.78 is 2.36. The number of benzene rings is 1. The molecule has 0 atom stereocenters. The fourth-order valence-electron chi connectivity index (χ4n) is 2.74. The smallest absolute Gasteiger partial charge is 0.243 e. The van der Waals surface area contributed by atoms with E-state index in [0.717, 1.165) is 37.1 Å². The van der Waals surface area contributed by atoms with E-state index >= 15 is 0 Å². The standard InChI is InChI=1S/C17H22N4OS/c1-2-6-15-18-19-17(23)21(15)12-16(22)20(14-9-10-14)11-13-7-4-3-5-8-13/h3-5,7-8,14H,2,6,9-12H2,1H3,(H,19,23). The van der Waals surface area contributed by atoms with E-state index in [9.17, 15) is 4.79 Å². The van der Waals surface area contributed by atoms with E-state index in [2.05, 4.69) is 29.3 Å². The van der Waals surface area contributed by atoms with E-state index in [1.807, 2.05) is 27.7 Å². The van der Waals surface area contributed by atoms with Crippen molar-refractivity contribution in [2.75, 3.05) is 0 Å². The molecule has 1 aliphatic carbocycles. The monoisotopic (exact) mass is 330 g/mol. The van der Waals surface area contributed by atoms with E-state index in [4.69, 9.17) is 12.2 Å². The normalized spacial score (nSPS) is 14.0. The van der Waals surface area contributed by atoms with Crippen molar-refractivity contribution in [2.45, 2.75) is 51.7 Å². The summed E-state index contributed by atoms with van der Waals surface area (Å²) in [5.41, 5.74) is 1.16. The zero-order valence-electron chi connectivity index (χ0n) is 13.4. The molecule has 0 aliphatic heterocycles. The van der Waals surface area contributed by atoms with Crippen LogP contribution in [-0.4, -0.2) is 31.6 Å². The largest absolute Gasteiger partial charge is 0.334 e. The Labute approximate surface area is 141 Å². The van der Waals surface area contributed by atoms with Gasteiger partial charge in [-0.05, 0) is 37.0 Å². The Morgan fingerprint density at radius 1 is 1.39 bits per heavy atom. The molecule has 2 aromatic rings. The van der Waals surface area contributed by atoms with E-state index in [0.29, 0.717) is 17.4 Å². The van der Waals surface area contributed by atoms with Crippen LogP contribution in [0.4, 0.5) is 0 Å². The lowest BCUT2D eigenvalue weighted by Crippen LogP contribution is -2.35. The van der Waals surface area contributed by atoms with Crippen molar-refractivity contribution in [1.82, 2.24) is 19.7 Å². The second kappa shape index (κ2) is 7.08. The van der Waals surface area contributed by atoms with Crippen LogP contribution in [0, 0.1) is 4.77 Å².